The Labute approximate surface area is 126 Å². The van der Waals surface area contributed by atoms with Crippen LogP contribution in [0.5, 0.6) is 17.2 Å². The monoisotopic (exact) mass is 294 g/mol. The van der Waals surface area contributed by atoms with Crippen LogP contribution in [0.2, 0.25) is 0 Å². The lowest BCUT2D eigenvalue weighted by atomic mass is 10.1. The second-order valence-corrected chi connectivity index (χ2v) is 4.89. The molecule has 2 aromatic carbocycles. The first-order valence-electron chi connectivity index (χ1n) is 6.61. The minimum absolute atomic E-state index is 0.0456. The van der Waals surface area contributed by atoms with Crippen LogP contribution in [0.4, 0.5) is 5.69 Å². The summed E-state index contributed by atoms with van der Waals surface area (Å²) in [5.41, 5.74) is 1.97. The number of nitrogens with one attached hydrogen (secondary N) is 1. The number of phenolic OH excluding ortho intramolecular Hbond substituents is 2. The van der Waals surface area contributed by atoms with Gasteiger partial charge in [0.15, 0.2) is 0 Å². The summed E-state index contributed by atoms with van der Waals surface area (Å²) in [6.07, 6.45) is 0. The van der Waals surface area contributed by atoms with Gasteiger partial charge in [-0.2, -0.15) is 0 Å². The van der Waals surface area contributed by atoms with Gasteiger partial charge in [-0.25, -0.2) is 4.98 Å². The Kier molecular flexibility index (Phi) is 3.31. The first-order chi connectivity index (χ1) is 10.5. The van der Waals surface area contributed by atoms with Gasteiger partial charge in [0, 0.05) is 17.1 Å². The molecule has 0 aliphatic heterocycles. The van der Waals surface area contributed by atoms with Crippen molar-refractivity contribution in [3.63, 3.8) is 0 Å². The highest BCUT2D eigenvalue weighted by molar-refractivity contribution is 5.86. The molecule has 0 unspecified atom stereocenters. The average Bonchev–Trinajstić information content (AvgIpc) is 2.46. The van der Waals surface area contributed by atoms with Gasteiger partial charge >= 0.3 is 0 Å². The molecule has 0 bridgehead atoms. The Hall–Kier alpha value is -3.21. The van der Waals surface area contributed by atoms with E-state index >= 15 is 0 Å². The molecule has 22 heavy (non-hydrogen) atoms. The first kappa shape index (κ1) is 13.8. The number of hydrogen-bond donors (Lipinski definition) is 4. The lowest BCUT2D eigenvalue weighted by Crippen LogP contribution is -2.00. The van der Waals surface area contributed by atoms with Crippen molar-refractivity contribution in [3.05, 3.63) is 60.8 Å². The van der Waals surface area contributed by atoms with Gasteiger partial charge in [-0.15, -0.1) is 0 Å². The van der Waals surface area contributed by atoms with E-state index in [0.717, 1.165) is 0 Å². The van der Waals surface area contributed by atoms with Crippen LogP contribution in [0.25, 0.3) is 16.6 Å². The minimum Gasteiger partial charge on any atom is -0.508 e. The van der Waals surface area contributed by atoms with E-state index in [4.69, 9.17) is 0 Å². The van der Waals surface area contributed by atoms with Crippen molar-refractivity contribution in [1.82, 2.24) is 4.98 Å². The molecule has 1 heterocycles. The van der Waals surface area contributed by atoms with Crippen LogP contribution in [0.3, 0.4) is 0 Å². The molecule has 0 aliphatic rings. The summed E-state index contributed by atoms with van der Waals surface area (Å²) in [4.78, 5) is 4.35. The fourth-order valence-electron chi connectivity index (χ4n) is 2.19. The molecule has 0 saturated heterocycles. The van der Waals surface area contributed by atoms with Gasteiger partial charge in [0.25, 0.3) is 0 Å². The van der Waals surface area contributed by atoms with Gasteiger partial charge in [0.1, 0.15) is 22.9 Å². The number of aromatic nitrogens is 1. The third-order valence-electron chi connectivity index (χ3n) is 3.21. The zero-order chi connectivity index (χ0) is 15.7. The van der Waals surface area contributed by atoms with Gasteiger partial charge in [0.2, 0.25) is 0 Å². The number of anilines is 1. The third-order valence-corrected chi connectivity index (χ3v) is 3.21. The molecule has 5 nitrogen and oxygen atoms in total. The fraction of sp³-hybridized carbons (Fsp3) is 0. The summed E-state index contributed by atoms with van der Waals surface area (Å²) in [5, 5.41) is 32.6. The van der Waals surface area contributed by atoms with Crippen molar-refractivity contribution in [3.8, 4) is 17.2 Å². The molecule has 0 fully saturated rings. The quantitative estimate of drug-likeness (QED) is 0.594. The van der Waals surface area contributed by atoms with E-state index in [1.165, 1.54) is 18.2 Å². The largest absolute Gasteiger partial charge is 0.508 e. The van der Waals surface area contributed by atoms with E-state index < -0.39 is 0 Å². The summed E-state index contributed by atoms with van der Waals surface area (Å²) >= 11 is 0. The normalized spacial score (nSPS) is 10.5. The zero-order valence-corrected chi connectivity index (χ0v) is 11.6. The van der Waals surface area contributed by atoms with Crippen LogP contribution in [0.15, 0.2) is 55.1 Å². The van der Waals surface area contributed by atoms with Crippen molar-refractivity contribution < 1.29 is 15.3 Å². The van der Waals surface area contributed by atoms with Crippen LogP contribution in [0, 0.1) is 0 Å². The molecule has 110 valence electrons. The average molecular weight is 294 g/mol. The van der Waals surface area contributed by atoms with Crippen LogP contribution in [-0.4, -0.2) is 20.3 Å². The van der Waals surface area contributed by atoms with Gasteiger partial charge in [-0.3, -0.25) is 0 Å². The Morgan fingerprint density at radius 2 is 1.73 bits per heavy atom. The summed E-state index contributed by atoms with van der Waals surface area (Å²) in [6.45, 7) is 3.87. The van der Waals surface area contributed by atoms with Gasteiger partial charge < -0.3 is 20.6 Å². The van der Waals surface area contributed by atoms with Crippen LogP contribution < -0.4 is 5.32 Å². The van der Waals surface area contributed by atoms with Crippen LogP contribution in [0.1, 0.15) is 5.69 Å². The lowest BCUT2D eigenvalue weighted by molar-refractivity contribution is 0.471. The SMILES string of the molecule is C=C(Nc1cccc(O)c1)c1nc2ccc(O)cc2cc1O. The molecule has 0 aliphatic carbocycles. The first-order valence-corrected chi connectivity index (χ1v) is 6.61. The molecule has 0 atom stereocenters. The Bertz CT molecular complexity index is 875. The number of aromatic hydroxyl groups is 3. The highest BCUT2D eigenvalue weighted by atomic mass is 16.3. The van der Waals surface area contributed by atoms with Crippen molar-refractivity contribution in [1.29, 1.82) is 0 Å². The fourth-order valence-corrected chi connectivity index (χ4v) is 2.19. The highest BCUT2D eigenvalue weighted by Crippen LogP contribution is 2.29. The van der Waals surface area contributed by atoms with Crippen molar-refractivity contribution in [2.75, 3.05) is 5.32 Å². The van der Waals surface area contributed by atoms with Crippen molar-refractivity contribution in [2.24, 2.45) is 0 Å². The standard InChI is InChI=1S/C17H14N2O3/c1-10(18-12-3-2-4-13(20)9-12)17-16(22)8-11-7-14(21)5-6-15(11)19-17/h2-9,18,20-22H,1H2. The van der Waals surface area contributed by atoms with Gasteiger partial charge in [-0.05, 0) is 36.4 Å². The van der Waals surface area contributed by atoms with E-state index in [2.05, 4.69) is 16.9 Å². The molecule has 4 N–H and O–H groups in total. The van der Waals surface area contributed by atoms with Crippen LogP contribution >= 0.6 is 0 Å². The van der Waals surface area contributed by atoms with E-state index in [9.17, 15) is 15.3 Å². The smallest absolute Gasteiger partial charge is 0.144 e. The van der Waals surface area contributed by atoms with Gasteiger partial charge in [0.05, 0.1) is 11.2 Å². The maximum absolute atomic E-state index is 10.1. The molecule has 1 aromatic heterocycles. The molecule has 3 rings (SSSR count). The third kappa shape index (κ3) is 2.64. The number of pyridine rings is 1. The second-order valence-electron chi connectivity index (χ2n) is 4.89. The maximum atomic E-state index is 10.1. The topological polar surface area (TPSA) is 85.6 Å². The number of phenols is 2. The van der Waals surface area contributed by atoms with Crippen molar-refractivity contribution in [2.45, 2.75) is 0 Å². The Morgan fingerprint density at radius 3 is 2.50 bits per heavy atom. The molecule has 5 heteroatoms. The molecule has 0 spiro atoms. The molecule has 0 amide bonds. The lowest BCUT2D eigenvalue weighted by Gasteiger charge is -2.12. The second kappa shape index (κ2) is 5.29. The summed E-state index contributed by atoms with van der Waals surface area (Å²) in [5.74, 6) is 0.192. The van der Waals surface area contributed by atoms with Crippen LogP contribution in [-0.2, 0) is 0 Å². The Morgan fingerprint density at radius 1 is 0.955 bits per heavy atom. The predicted molar refractivity (Wildman–Crippen MR) is 85.8 cm³/mol. The number of benzene rings is 2. The molecular formula is C17H14N2O3. The summed E-state index contributed by atoms with van der Waals surface area (Å²) in [6, 6.07) is 12.8. The van der Waals surface area contributed by atoms with Gasteiger partial charge in [-0.1, -0.05) is 12.6 Å². The zero-order valence-electron chi connectivity index (χ0n) is 11.6. The predicted octanol–water partition coefficient (Wildman–Crippen LogP) is 3.43. The number of hydrogen-bond acceptors (Lipinski definition) is 5. The van der Waals surface area contributed by atoms with Crippen molar-refractivity contribution >= 4 is 22.3 Å². The minimum atomic E-state index is -0.0456. The molecule has 0 radical (unpaired) electrons. The Balaban J connectivity index is 1.96. The summed E-state index contributed by atoms with van der Waals surface area (Å²) < 4.78 is 0. The molecule has 0 saturated carbocycles. The van der Waals surface area contributed by atoms with E-state index in [1.807, 2.05) is 0 Å². The number of rotatable bonds is 3. The number of nitrogens with zero attached hydrogens (tertiary/aromatic N) is 1. The van der Waals surface area contributed by atoms with E-state index in [1.54, 1.807) is 30.3 Å². The molecular weight excluding hydrogens is 280 g/mol. The maximum Gasteiger partial charge on any atom is 0.144 e. The molecule has 3 aromatic rings. The van der Waals surface area contributed by atoms with E-state index in [-0.39, 0.29) is 17.2 Å². The number of fused-ring (bicyclic) bond motifs is 1. The highest BCUT2D eigenvalue weighted by Gasteiger charge is 2.10. The summed E-state index contributed by atoms with van der Waals surface area (Å²) in [7, 11) is 0. The van der Waals surface area contributed by atoms with E-state index in [0.29, 0.717) is 28.0 Å².